The largest absolute Gasteiger partial charge is 0.473 e. The third-order valence-corrected chi connectivity index (χ3v) is 9.84. The molecule has 0 amide bonds. The van der Waals surface area contributed by atoms with Gasteiger partial charge in [0.1, 0.15) is 11.7 Å². The van der Waals surface area contributed by atoms with Crippen LogP contribution in [0.25, 0.3) is 0 Å². The van der Waals surface area contributed by atoms with Crippen LogP contribution in [-0.2, 0) is 30.4 Å². The third kappa shape index (κ3) is 4.96. The molecule has 3 saturated heterocycles. The monoisotopic (exact) mass is 528 g/mol. The van der Waals surface area contributed by atoms with Crippen LogP contribution in [0.3, 0.4) is 0 Å². The number of benzene rings is 1. The van der Waals surface area contributed by atoms with Crippen LogP contribution in [0.4, 0.5) is 0 Å². The summed E-state index contributed by atoms with van der Waals surface area (Å²) in [4.78, 5) is 33.6. The Morgan fingerprint density at radius 2 is 1.79 bits per heavy atom. The first-order valence-corrected chi connectivity index (χ1v) is 14.0. The molecule has 0 aromatic heterocycles. The zero-order valence-electron chi connectivity index (χ0n) is 22.3. The van der Waals surface area contributed by atoms with E-state index in [1.807, 2.05) is 0 Å². The lowest BCUT2D eigenvalue weighted by atomic mass is 9.53. The van der Waals surface area contributed by atoms with Gasteiger partial charge in [0.2, 0.25) is 0 Å². The Hall–Kier alpha value is -2.49. The minimum atomic E-state index is -1.82. The van der Waals surface area contributed by atoms with Crippen LogP contribution < -0.4 is 5.32 Å². The lowest BCUT2D eigenvalue weighted by molar-refractivity contribution is -0.159. The summed E-state index contributed by atoms with van der Waals surface area (Å²) in [6, 6.07) is 11.2. The molecule has 1 aromatic rings. The Bertz CT molecular complexity index is 1030. The number of esters is 1. The molecule has 7 atom stereocenters. The molecule has 0 bridgehead atoms. The fraction of sp³-hybridized carbons (Fsp3) is 0.690. The molecule has 3 N–H and O–H groups in total. The summed E-state index contributed by atoms with van der Waals surface area (Å²) in [6.45, 7) is 8.75. The number of hydrogen-bond donors (Lipinski definition) is 3. The number of epoxide rings is 1. The van der Waals surface area contributed by atoms with Crippen molar-refractivity contribution >= 4 is 17.9 Å². The number of carbonyl (C=O) groups excluding carboxylic acids is 1. The fourth-order valence-electron chi connectivity index (χ4n) is 7.90. The molecule has 208 valence electrons. The first-order chi connectivity index (χ1) is 18.1. The topological polar surface area (TPSA) is 129 Å². The van der Waals surface area contributed by atoms with Crippen molar-refractivity contribution in [2.45, 2.75) is 82.8 Å². The number of carboxylic acids is 2. The molecule has 6 rings (SSSR count). The summed E-state index contributed by atoms with van der Waals surface area (Å²) in [6.07, 6.45) is 7.27. The smallest absolute Gasteiger partial charge is 0.414 e. The van der Waals surface area contributed by atoms with E-state index in [0.717, 1.165) is 45.4 Å². The molecular formula is C29H40N2O7. The van der Waals surface area contributed by atoms with E-state index in [-0.39, 0.29) is 41.0 Å². The molecule has 3 heterocycles. The summed E-state index contributed by atoms with van der Waals surface area (Å²) < 4.78 is 12.6. The van der Waals surface area contributed by atoms with Crippen LogP contribution in [0.2, 0.25) is 0 Å². The van der Waals surface area contributed by atoms with E-state index in [2.05, 4.69) is 54.4 Å². The second kappa shape index (κ2) is 10.6. The molecule has 5 aliphatic rings. The number of rotatable bonds is 5. The van der Waals surface area contributed by atoms with Gasteiger partial charge in [0.25, 0.3) is 0 Å². The lowest BCUT2D eigenvalue weighted by Gasteiger charge is -2.48. The van der Waals surface area contributed by atoms with Crippen molar-refractivity contribution in [3.05, 3.63) is 35.9 Å². The zero-order valence-corrected chi connectivity index (χ0v) is 22.3. The Kier molecular flexibility index (Phi) is 7.55. The normalized spacial score (nSPS) is 38.1. The van der Waals surface area contributed by atoms with Gasteiger partial charge in [-0.15, -0.1) is 0 Å². The quantitative estimate of drug-likeness (QED) is 0.300. The molecule has 2 saturated carbocycles. The van der Waals surface area contributed by atoms with Crippen molar-refractivity contribution in [1.82, 2.24) is 10.2 Å². The standard InChI is InChI=1S/C27H38N2O3.C2H2O4/c1-18-7-6-12-26(2)15-22-23(24-27(18,26)32-24)21(25(30)31-22)16-28-20-10-13-29(14-11-20)17-19-8-4-3-5-9-19;3-1(4)2(5)6/h3-5,8-9,18,20-24,28H,6-7,10-17H2,1-2H3;(H,3,4)(H,5,6)/t18-,21?,22+,23+,24?,26+,27?;/m0./s1. The number of aliphatic carboxylic acids is 2. The van der Waals surface area contributed by atoms with Crippen LogP contribution in [0.5, 0.6) is 0 Å². The molecule has 9 heteroatoms. The van der Waals surface area contributed by atoms with Gasteiger partial charge in [0.15, 0.2) is 0 Å². The van der Waals surface area contributed by atoms with Crippen LogP contribution in [0.15, 0.2) is 30.3 Å². The number of nitrogens with one attached hydrogen (secondary N) is 1. The van der Waals surface area contributed by atoms with E-state index in [4.69, 9.17) is 29.3 Å². The van der Waals surface area contributed by atoms with E-state index in [1.165, 1.54) is 24.8 Å². The molecule has 3 aliphatic heterocycles. The van der Waals surface area contributed by atoms with Gasteiger partial charge >= 0.3 is 17.9 Å². The van der Waals surface area contributed by atoms with E-state index in [9.17, 15) is 4.79 Å². The molecule has 1 spiro atoms. The van der Waals surface area contributed by atoms with E-state index >= 15 is 0 Å². The number of nitrogens with zero attached hydrogens (tertiary/aromatic N) is 1. The molecule has 38 heavy (non-hydrogen) atoms. The Morgan fingerprint density at radius 1 is 1.11 bits per heavy atom. The number of carbonyl (C=O) groups is 3. The van der Waals surface area contributed by atoms with E-state index in [1.54, 1.807) is 0 Å². The van der Waals surface area contributed by atoms with Gasteiger partial charge in [-0.25, -0.2) is 9.59 Å². The maximum atomic E-state index is 12.9. The highest BCUT2D eigenvalue weighted by atomic mass is 16.6. The highest BCUT2D eigenvalue weighted by Crippen LogP contribution is 2.70. The predicted octanol–water partition coefficient (Wildman–Crippen LogP) is 2.92. The van der Waals surface area contributed by atoms with Gasteiger partial charge in [-0.2, -0.15) is 0 Å². The van der Waals surface area contributed by atoms with Gasteiger partial charge < -0.3 is 25.0 Å². The second-order valence-electron chi connectivity index (χ2n) is 12.1. The maximum Gasteiger partial charge on any atom is 0.414 e. The Morgan fingerprint density at radius 3 is 2.45 bits per heavy atom. The minimum absolute atomic E-state index is 0.00141. The molecule has 5 fully saturated rings. The molecular weight excluding hydrogens is 488 g/mol. The van der Waals surface area contributed by atoms with Crippen molar-refractivity contribution in [2.24, 2.45) is 23.2 Å². The Labute approximate surface area is 223 Å². The molecule has 0 radical (unpaired) electrons. The number of ether oxygens (including phenoxy) is 2. The van der Waals surface area contributed by atoms with Crippen molar-refractivity contribution < 1.29 is 34.1 Å². The van der Waals surface area contributed by atoms with Crippen molar-refractivity contribution in [1.29, 1.82) is 0 Å². The zero-order chi connectivity index (χ0) is 27.1. The maximum absolute atomic E-state index is 12.9. The van der Waals surface area contributed by atoms with Gasteiger partial charge in [0, 0.05) is 30.5 Å². The number of piperidine rings is 1. The highest BCUT2D eigenvalue weighted by molar-refractivity contribution is 6.27. The van der Waals surface area contributed by atoms with Crippen LogP contribution in [0, 0.1) is 23.2 Å². The van der Waals surface area contributed by atoms with Gasteiger partial charge in [0.05, 0.1) is 12.0 Å². The van der Waals surface area contributed by atoms with E-state index < -0.39 is 11.9 Å². The summed E-state index contributed by atoms with van der Waals surface area (Å²) in [5.74, 6) is -2.86. The van der Waals surface area contributed by atoms with Crippen LogP contribution in [0.1, 0.15) is 57.9 Å². The summed E-state index contributed by atoms with van der Waals surface area (Å²) in [7, 11) is 0. The third-order valence-electron chi connectivity index (χ3n) is 9.84. The minimum Gasteiger partial charge on any atom is -0.473 e. The average Bonchev–Trinajstić information content (AvgIpc) is 3.57. The number of fused-ring (bicyclic) bond motifs is 2. The molecule has 9 nitrogen and oxygen atoms in total. The second-order valence-corrected chi connectivity index (χ2v) is 12.1. The summed E-state index contributed by atoms with van der Waals surface area (Å²) in [5, 5.41) is 18.5. The van der Waals surface area contributed by atoms with E-state index in [0.29, 0.717) is 12.0 Å². The van der Waals surface area contributed by atoms with Crippen LogP contribution >= 0.6 is 0 Å². The predicted molar refractivity (Wildman–Crippen MR) is 138 cm³/mol. The van der Waals surface area contributed by atoms with Crippen LogP contribution in [-0.4, -0.2) is 76.5 Å². The first-order valence-electron chi connectivity index (χ1n) is 14.0. The molecule has 1 aromatic carbocycles. The fourth-order valence-corrected chi connectivity index (χ4v) is 7.90. The summed E-state index contributed by atoms with van der Waals surface area (Å²) >= 11 is 0. The van der Waals surface area contributed by atoms with Crippen molar-refractivity contribution in [3.8, 4) is 0 Å². The molecule has 3 unspecified atom stereocenters. The van der Waals surface area contributed by atoms with Gasteiger partial charge in [-0.1, -0.05) is 50.6 Å². The Balaban J connectivity index is 0.000000443. The number of hydrogen-bond acceptors (Lipinski definition) is 7. The van der Waals surface area contributed by atoms with Crippen molar-refractivity contribution in [2.75, 3.05) is 19.6 Å². The SMILES string of the molecule is C[C@H]1CCC[C@]2(C)C[C@H]3OC(=O)C(CNC4CCN(Cc5ccccc5)CC4)[C@H]3C3OC312.O=C(O)C(=O)O. The van der Waals surface area contributed by atoms with Crippen molar-refractivity contribution in [3.63, 3.8) is 0 Å². The first kappa shape index (κ1) is 27.1. The number of carboxylic acid groups (broad SMARTS) is 2. The average molecular weight is 529 g/mol. The van der Waals surface area contributed by atoms with Gasteiger partial charge in [-0.05, 0) is 56.7 Å². The van der Waals surface area contributed by atoms with Gasteiger partial charge in [-0.3, -0.25) is 9.69 Å². The number of likely N-dealkylation sites (tertiary alicyclic amines) is 1. The highest BCUT2D eigenvalue weighted by Gasteiger charge is 2.78. The molecule has 2 aliphatic carbocycles. The summed E-state index contributed by atoms with van der Waals surface area (Å²) in [5.41, 5.74) is 1.56. The lowest BCUT2D eigenvalue weighted by Crippen LogP contribution is -2.55.